The second kappa shape index (κ2) is 8.91. The molecule has 0 aliphatic rings. The third kappa shape index (κ3) is 11900. The first kappa shape index (κ1) is 19.0. The molecule has 13 heteroatoms. The standard InChI is InChI=1S/2FHO3S.2O.U/c2*1-5(2,3)4;;;/h2*(H,2,3,4);;;/q;;;;+2/p-2. The molecular formula is F2O8S2U. The second-order valence-corrected chi connectivity index (χ2v) is 3.14. The fourth-order valence-corrected chi connectivity index (χ4v) is 0. The van der Waals surface area contributed by atoms with Crippen LogP contribution < -0.4 is 0 Å². The molecule has 0 amide bonds. The van der Waals surface area contributed by atoms with E-state index in [0.717, 1.165) is 0 Å². The van der Waals surface area contributed by atoms with Crippen LogP contribution in [0.4, 0.5) is 7.77 Å². The van der Waals surface area contributed by atoms with Gasteiger partial charge in [-0.05, 0) is 0 Å². The molecule has 13 heavy (non-hydrogen) atoms. The summed E-state index contributed by atoms with van der Waals surface area (Å²) < 4.78 is 87.8. The zero-order valence-electron chi connectivity index (χ0n) is 5.34. The molecule has 8 nitrogen and oxygen atoms in total. The molecule has 0 aromatic heterocycles. The number of hydrogen-bond donors (Lipinski definition) is 0. The van der Waals surface area contributed by atoms with Gasteiger partial charge in [-0.2, -0.15) is 0 Å². The summed E-state index contributed by atoms with van der Waals surface area (Å²) in [4.78, 5) is 0. The molecule has 0 saturated heterocycles. The van der Waals surface area contributed by atoms with E-state index in [-0.39, 0.29) is 0 Å². The van der Waals surface area contributed by atoms with Gasteiger partial charge in [0.25, 0.3) is 21.0 Å². The molecule has 0 N–H and O–H groups in total. The van der Waals surface area contributed by atoms with Crippen LogP contribution in [0.5, 0.6) is 0 Å². The maximum absolute atomic E-state index is 10.1. The summed E-state index contributed by atoms with van der Waals surface area (Å²) in [6.45, 7) is 0. The van der Waals surface area contributed by atoms with Crippen LogP contribution in [0.1, 0.15) is 0 Å². The molecule has 0 spiro atoms. The summed E-state index contributed by atoms with van der Waals surface area (Å²) in [6, 6.07) is 0. The van der Waals surface area contributed by atoms with Crippen molar-refractivity contribution < 1.29 is 66.0 Å². The van der Waals surface area contributed by atoms with Crippen LogP contribution in [-0.4, -0.2) is 25.9 Å². The first-order chi connectivity index (χ1) is 5.41. The topological polar surface area (TPSA) is 149 Å². The monoisotopic (exact) mass is 468 g/mol. The molecule has 0 heterocycles. The average Bonchev–Trinajstić information content (AvgIpc) is 1.52. The van der Waals surface area contributed by atoms with Gasteiger partial charge in [-0.3, -0.25) is 0 Å². The third-order valence-corrected chi connectivity index (χ3v) is 0. The van der Waals surface area contributed by atoms with Crippen molar-refractivity contribution in [2.24, 2.45) is 0 Å². The zero-order valence-corrected chi connectivity index (χ0v) is 11.1. The Morgan fingerprint density at radius 3 is 0.846 bits per heavy atom. The summed E-state index contributed by atoms with van der Waals surface area (Å²) in [7, 11) is -10.8. The van der Waals surface area contributed by atoms with Gasteiger partial charge in [0.15, 0.2) is 0 Å². The van der Waals surface area contributed by atoms with Crippen molar-refractivity contribution >= 4 is 21.0 Å². The van der Waals surface area contributed by atoms with Gasteiger partial charge in [-0.25, -0.2) is 16.8 Å². The van der Waals surface area contributed by atoms with E-state index in [9.17, 15) is 7.77 Å². The van der Waals surface area contributed by atoms with E-state index in [1.54, 1.807) is 0 Å². The fraction of sp³-hybridized carbons (Fsp3) is 0. The summed E-state index contributed by atoms with van der Waals surface area (Å²) in [5.74, 6) is 0. The van der Waals surface area contributed by atoms with E-state index in [1.165, 1.54) is 0 Å². The Morgan fingerprint density at radius 1 is 0.846 bits per heavy atom. The van der Waals surface area contributed by atoms with Crippen molar-refractivity contribution in [2.45, 2.75) is 0 Å². The first-order valence-corrected chi connectivity index (χ1v) is 7.73. The molecule has 0 aromatic rings. The van der Waals surface area contributed by atoms with Gasteiger partial charge in [0.2, 0.25) is 0 Å². The normalized spacial score (nSPS) is 9.54. The van der Waals surface area contributed by atoms with Crippen LogP contribution in [-0.2, 0) is 25.5 Å². The van der Waals surface area contributed by atoms with Gasteiger partial charge in [0.1, 0.15) is 0 Å². The van der Waals surface area contributed by atoms with Gasteiger partial charge in [0, 0.05) is 0 Å². The van der Waals surface area contributed by atoms with Crippen LogP contribution in [0.2, 0.25) is 0 Å². The minimum absolute atomic E-state index is 2.51. The number of rotatable bonds is 0. The Hall–Kier alpha value is 0.332. The Kier molecular flexibility index (Phi) is 13.0. The van der Waals surface area contributed by atoms with Gasteiger partial charge < -0.3 is 9.11 Å². The molecule has 0 aliphatic carbocycles. The van der Waals surface area contributed by atoms with Crippen LogP contribution in [0.3, 0.4) is 0 Å². The summed E-state index contributed by atoms with van der Waals surface area (Å²) in [6.07, 6.45) is 0. The van der Waals surface area contributed by atoms with Crippen molar-refractivity contribution in [1.82, 2.24) is 0 Å². The van der Waals surface area contributed by atoms with Crippen molar-refractivity contribution in [3.8, 4) is 0 Å². The van der Waals surface area contributed by atoms with Crippen LogP contribution in [0, 0.1) is 27.8 Å². The number of hydrogen-bond acceptors (Lipinski definition) is 8. The second-order valence-electron chi connectivity index (χ2n) is 0.870. The average molecular weight is 468 g/mol. The molecule has 0 bridgehead atoms. The van der Waals surface area contributed by atoms with Crippen LogP contribution in [0.15, 0.2) is 0 Å². The molecule has 0 radical (unpaired) electrons. The first-order valence-electron chi connectivity index (χ1n) is 1.72. The van der Waals surface area contributed by atoms with E-state index in [1.807, 2.05) is 0 Å². The Labute approximate surface area is 86.6 Å². The molecule has 78 valence electrons. The fourth-order valence-electron chi connectivity index (χ4n) is 0. The van der Waals surface area contributed by atoms with E-state index in [2.05, 4.69) is 0 Å². The van der Waals surface area contributed by atoms with Crippen LogP contribution in [0.25, 0.3) is 0 Å². The summed E-state index contributed by atoms with van der Waals surface area (Å²) >= 11 is -2.51. The quantitative estimate of drug-likeness (QED) is 0.311. The maximum atomic E-state index is 10.1. The Balaban J connectivity index is -0.000000120. The minimum atomic E-state index is -5.42. The molecule has 0 atom stereocenters. The van der Waals surface area contributed by atoms with E-state index in [0.29, 0.717) is 0 Å². The van der Waals surface area contributed by atoms with Gasteiger partial charge >= 0.3 is 32.3 Å². The van der Waals surface area contributed by atoms with Crippen LogP contribution >= 0.6 is 0 Å². The van der Waals surface area contributed by atoms with Crippen molar-refractivity contribution in [3.63, 3.8) is 0 Å². The van der Waals surface area contributed by atoms with E-state index in [4.69, 9.17) is 30.4 Å². The molecule has 0 aliphatic heterocycles. The molecule has 0 unspecified atom stereocenters. The SMILES string of the molecule is O=S(=O)([O-])F.O=S(=O)([O-])F.[O]=[U+2]=[O]. The number of halogens is 2. The van der Waals surface area contributed by atoms with Gasteiger partial charge in [0.05, 0.1) is 0 Å². The van der Waals surface area contributed by atoms with E-state index >= 15 is 0 Å². The zero-order chi connectivity index (χ0) is 11.7. The van der Waals surface area contributed by atoms with Gasteiger partial charge in [-0.15, -0.1) is 7.77 Å². The van der Waals surface area contributed by atoms with Crippen molar-refractivity contribution in [1.29, 1.82) is 0 Å². The molecule has 0 aromatic carbocycles. The predicted molar refractivity (Wildman–Crippen MR) is 23.0 cm³/mol. The molecule has 0 saturated carbocycles. The third-order valence-electron chi connectivity index (χ3n) is 0. The molecule has 0 fully saturated rings. The molecule has 0 rings (SSSR count). The summed E-state index contributed by atoms with van der Waals surface area (Å²) in [5, 5.41) is 0. The van der Waals surface area contributed by atoms with Crippen molar-refractivity contribution in [2.75, 3.05) is 0 Å². The summed E-state index contributed by atoms with van der Waals surface area (Å²) in [5.41, 5.74) is 0. The molecular weight excluding hydrogens is 468 g/mol. The predicted octanol–water partition coefficient (Wildman–Crippen LogP) is -1.41. The van der Waals surface area contributed by atoms with Crippen molar-refractivity contribution in [3.05, 3.63) is 0 Å². The van der Waals surface area contributed by atoms with E-state index < -0.39 is 48.8 Å². The Morgan fingerprint density at radius 2 is 0.846 bits per heavy atom. The van der Waals surface area contributed by atoms with Gasteiger partial charge in [-0.1, -0.05) is 0 Å². The Bertz CT molecular complexity index is 284.